The summed E-state index contributed by atoms with van der Waals surface area (Å²) in [5.74, 6) is 0.653. The van der Waals surface area contributed by atoms with E-state index in [1.807, 2.05) is 30.0 Å². The monoisotopic (exact) mass is 620 g/mol. The summed E-state index contributed by atoms with van der Waals surface area (Å²) in [6, 6.07) is 13.5. The van der Waals surface area contributed by atoms with E-state index in [1.54, 1.807) is 35.3 Å². The molecule has 1 aliphatic heterocycles. The molecular formula is C34H38F2N4O3S. The van der Waals surface area contributed by atoms with E-state index >= 15 is 0 Å². The van der Waals surface area contributed by atoms with Crippen molar-refractivity contribution in [2.45, 2.75) is 53.0 Å². The minimum absolute atomic E-state index is 0.0665. The molecule has 2 aromatic heterocycles. The average Bonchev–Trinajstić information content (AvgIpc) is 3.50. The Labute approximate surface area is 260 Å². The maximum absolute atomic E-state index is 14.6. The third kappa shape index (κ3) is 6.46. The highest BCUT2D eigenvalue weighted by atomic mass is 32.1. The number of halogens is 2. The molecule has 1 fully saturated rings. The molecule has 1 aliphatic rings. The number of ether oxygens (including phenoxy) is 1. The minimum atomic E-state index is -2.56. The fourth-order valence-electron chi connectivity index (χ4n) is 5.63. The third-order valence-corrected chi connectivity index (χ3v) is 8.77. The summed E-state index contributed by atoms with van der Waals surface area (Å²) in [5, 5.41) is 5.65. The van der Waals surface area contributed by atoms with Crippen LogP contribution in [0, 0.1) is 5.92 Å². The van der Waals surface area contributed by atoms with Crippen LogP contribution in [-0.4, -0.2) is 53.1 Å². The van der Waals surface area contributed by atoms with Crippen molar-refractivity contribution in [2.24, 2.45) is 5.92 Å². The number of benzene rings is 2. The summed E-state index contributed by atoms with van der Waals surface area (Å²) in [6.07, 6.45) is -1.37. The van der Waals surface area contributed by atoms with Crippen molar-refractivity contribution in [3.63, 3.8) is 0 Å². The fourth-order valence-corrected chi connectivity index (χ4v) is 6.46. The van der Waals surface area contributed by atoms with Crippen LogP contribution in [0.3, 0.4) is 0 Å². The van der Waals surface area contributed by atoms with Crippen molar-refractivity contribution in [1.29, 1.82) is 0 Å². The minimum Gasteiger partial charge on any atom is -0.497 e. The lowest BCUT2D eigenvalue weighted by molar-refractivity contribution is 0.0707. The molecule has 0 radical (unpaired) electrons. The lowest BCUT2D eigenvalue weighted by Crippen LogP contribution is -2.51. The van der Waals surface area contributed by atoms with Crippen LogP contribution in [0.4, 0.5) is 8.78 Å². The number of nitrogens with zero attached hydrogens (tertiary/aromatic N) is 3. The smallest absolute Gasteiger partial charge is 0.265 e. The number of nitrogens with one attached hydrogen (secondary N) is 1. The van der Waals surface area contributed by atoms with Crippen LogP contribution in [0.1, 0.15) is 61.3 Å². The maximum Gasteiger partial charge on any atom is 0.265 e. The van der Waals surface area contributed by atoms with Gasteiger partial charge in [0.25, 0.3) is 17.9 Å². The van der Waals surface area contributed by atoms with E-state index in [1.165, 1.54) is 23.5 Å². The van der Waals surface area contributed by atoms with Gasteiger partial charge in [0.15, 0.2) is 0 Å². The number of aryl methyl sites for hydroxylation is 1. The lowest BCUT2D eigenvalue weighted by atomic mass is 9.98. The van der Waals surface area contributed by atoms with Gasteiger partial charge in [-0.25, -0.2) is 13.8 Å². The molecular weight excluding hydrogens is 582 g/mol. The van der Waals surface area contributed by atoms with E-state index in [4.69, 9.17) is 9.72 Å². The highest BCUT2D eigenvalue weighted by Crippen LogP contribution is 2.32. The number of pyridine rings is 1. The summed E-state index contributed by atoms with van der Waals surface area (Å²) in [7, 11) is 1.59. The molecule has 0 spiro atoms. The van der Waals surface area contributed by atoms with Crippen molar-refractivity contribution in [1.82, 2.24) is 19.8 Å². The van der Waals surface area contributed by atoms with Gasteiger partial charge in [-0.05, 0) is 43.4 Å². The first-order valence-electron chi connectivity index (χ1n) is 14.9. The first-order chi connectivity index (χ1) is 21.1. The molecule has 0 saturated carbocycles. The van der Waals surface area contributed by atoms with Gasteiger partial charge in [0.2, 0.25) is 0 Å². The normalized spacial score (nSPS) is 15.3. The predicted molar refractivity (Wildman–Crippen MR) is 171 cm³/mol. The summed E-state index contributed by atoms with van der Waals surface area (Å²) in [6.45, 7) is 10.0. The Morgan fingerprint density at radius 2 is 1.91 bits per heavy atom. The largest absolute Gasteiger partial charge is 0.497 e. The van der Waals surface area contributed by atoms with Crippen molar-refractivity contribution in [2.75, 3.05) is 26.7 Å². The zero-order chi connectivity index (χ0) is 31.5. The van der Waals surface area contributed by atoms with Crippen LogP contribution >= 0.6 is 11.3 Å². The summed E-state index contributed by atoms with van der Waals surface area (Å²) < 4.78 is 33.5. The van der Waals surface area contributed by atoms with Crippen molar-refractivity contribution in [3.8, 4) is 33.3 Å². The number of aromatic nitrogens is 2. The molecule has 0 aliphatic carbocycles. The molecule has 1 atom stereocenters. The van der Waals surface area contributed by atoms with Crippen molar-refractivity contribution in [3.05, 3.63) is 86.6 Å². The number of piperazine rings is 1. The van der Waals surface area contributed by atoms with E-state index in [9.17, 15) is 18.4 Å². The van der Waals surface area contributed by atoms with Crippen LogP contribution in [0.2, 0.25) is 0 Å². The van der Waals surface area contributed by atoms with Crippen LogP contribution in [0.25, 0.3) is 27.5 Å². The SMILES string of the molecule is CCc1ccc(OC)cc1-n1c(CC(C)C)c(C(=O)N2CCN[C@@H](C)C2)cc(-c2nc(-c3ccc(C(F)F)cc3)cs2)c1=O. The van der Waals surface area contributed by atoms with E-state index in [0.29, 0.717) is 77.0 Å². The van der Waals surface area contributed by atoms with Gasteiger partial charge in [0.05, 0.1) is 29.6 Å². The van der Waals surface area contributed by atoms with E-state index < -0.39 is 6.43 Å². The molecule has 2 aromatic carbocycles. The number of carbonyl (C=O) groups excluding carboxylic acids is 1. The Hall–Kier alpha value is -3.89. The molecule has 5 rings (SSSR count). The summed E-state index contributed by atoms with van der Waals surface area (Å²) in [4.78, 5) is 35.5. The number of hydrogen-bond donors (Lipinski definition) is 1. The van der Waals surface area contributed by atoms with Gasteiger partial charge in [-0.1, -0.05) is 51.1 Å². The van der Waals surface area contributed by atoms with Gasteiger partial charge in [-0.2, -0.15) is 0 Å². The standard InChI is InChI=1S/C34H38F2N4O3S/c1-6-22-11-12-25(43-5)16-29(22)40-30(15-20(2)3)26(33(41)39-14-13-37-21(4)18-39)17-27(34(40)42)32-38-28(19-44-32)23-7-9-24(10-8-23)31(35)36/h7-12,16-17,19-21,31,37H,6,13-15,18H2,1-5H3/t21-/m0/s1. The van der Waals surface area contributed by atoms with E-state index in [-0.39, 0.29) is 29.0 Å². The first kappa shape index (κ1) is 31.5. The molecule has 1 amide bonds. The molecule has 10 heteroatoms. The fraction of sp³-hybridized carbons (Fsp3) is 0.382. The number of methoxy groups -OCH3 is 1. The topological polar surface area (TPSA) is 76.5 Å². The van der Waals surface area contributed by atoms with Gasteiger partial charge in [-0.15, -0.1) is 11.3 Å². The molecule has 44 heavy (non-hydrogen) atoms. The Bertz CT molecular complexity index is 1700. The second-order valence-corrected chi connectivity index (χ2v) is 12.4. The second-order valence-electron chi connectivity index (χ2n) is 11.6. The zero-order valence-electron chi connectivity index (χ0n) is 25.7. The number of amides is 1. The summed E-state index contributed by atoms with van der Waals surface area (Å²) >= 11 is 1.29. The lowest BCUT2D eigenvalue weighted by Gasteiger charge is -2.33. The molecule has 3 heterocycles. The quantitative estimate of drug-likeness (QED) is 0.224. The highest BCUT2D eigenvalue weighted by Gasteiger charge is 2.29. The third-order valence-electron chi connectivity index (χ3n) is 7.90. The van der Waals surface area contributed by atoms with Crippen molar-refractivity contribution >= 4 is 17.2 Å². The van der Waals surface area contributed by atoms with Crippen molar-refractivity contribution < 1.29 is 18.3 Å². The number of carbonyl (C=O) groups is 1. The number of thiazole rings is 1. The molecule has 0 bridgehead atoms. The van der Waals surface area contributed by atoms with Crippen LogP contribution in [0.15, 0.2) is 58.7 Å². The molecule has 4 aromatic rings. The van der Waals surface area contributed by atoms with Gasteiger partial charge >= 0.3 is 0 Å². The second kappa shape index (κ2) is 13.4. The molecule has 7 nitrogen and oxygen atoms in total. The van der Waals surface area contributed by atoms with E-state index in [2.05, 4.69) is 26.1 Å². The number of alkyl halides is 2. The highest BCUT2D eigenvalue weighted by molar-refractivity contribution is 7.13. The van der Waals surface area contributed by atoms with Crippen LogP contribution < -0.4 is 15.6 Å². The number of rotatable bonds is 9. The Morgan fingerprint density at radius 1 is 1.16 bits per heavy atom. The average molecular weight is 621 g/mol. The van der Waals surface area contributed by atoms with Gasteiger partial charge in [-0.3, -0.25) is 14.2 Å². The first-order valence-corrected chi connectivity index (χ1v) is 15.8. The molecule has 232 valence electrons. The number of hydrogen-bond acceptors (Lipinski definition) is 6. The molecule has 1 N–H and O–H groups in total. The summed E-state index contributed by atoms with van der Waals surface area (Å²) in [5.41, 5.74) is 3.97. The Balaban J connectivity index is 1.75. The van der Waals surface area contributed by atoms with Gasteiger partial charge in [0.1, 0.15) is 10.8 Å². The zero-order valence-corrected chi connectivity index (χ0v) is 26.5. The predicted octanol–water partition coefficient (Wildman–Crippen LogP) is 6.77. The maximum atomic E-state index is 14.6. The van der Waals surface area contributed by atoms with Crippen LogP contribution in [-0.2, 0) is 12.8 Å². The Morgan fingerprint density at radius 3 is 2.55 bits per heavy atom. The van der Waals surface area contributed by atoms with Gasteiger partial charge in [0, 0.05) is 53.9 Å². The molecule has 0 unspecified atom stereocenters. The van der Waals surface area contributed by atoms with Gasteiger partial charge < -0.3 is 15.0 Å². The molecule has 1 saturated heterocycles. The Kier molecular flexibility index (Phi) is 9.60. The van der Waals surface area contributed by atoms with E-state index in [0.717, 1.165) is 5.56 Å². The van der Waals surface area contributed by atoms with Crippen LogP contribution in [0.5, 0.6) is 5.75 Å².